The van der Waals surface area contributed by atoms with Crippen molar-refractivity contribution in [1.82, 2.24) is 9.97 Å². The van der Waals surface area contributed by atoms with E-state index in [1.807, 2.05) is 0 Å². The highest BCUT2D eigenvalue weighted by Crippen LogP contribution is 2.16. The number of benzene rings is 1. The molecule has 15 heavy (non-hydrogen) atoms. The number of nitrogens with one attached hydrogen (secondary N) is 1. The zero-order valence-electron chi connectivity index (χ0n) is 8.08. The zero-order valence-corrected chi connectivity index (χ0v) is 9.67. The van der Waals surface area contributed by atoms with Crippen LogP contribution in [0.5, 0.6) is 0 Å². The topological polar surface area (TPSA) is 55.0 Å². The second-order valence-electron chi connectivity index (χ2n) is 2.98. The first-order chi connectivity index (χ1) is 7.20. The summed E-state index contributed by atoms with van der Waals surface area (Å²) in [5.41, 5.74) is 2.16. The molecule has 2 rings (SSSR count). The van der Waals surface area contributed by atoms with Crippen LogP contribution in [0.3, 0.4) is 0 Å². The van der Waals surface area contributed by atoms with Crippen molar-refractivity contribution in [2.45, 2.75) is 6.92 Å². The lowest BCUT2D eigenvalue weighted by molar-refractivity contribution is 0.0526. The zero-order chi connectivity index (χ0) is 10.8. The number of ether oxygens (including phenoxy) is 1. The van der Waals surface area contributed by atoms with E-state index in [0.717, 1.165) is 11.0 Å². The number of fused-ring (bicyclic) bond motifs is 1. The minimum absolute atomic E-state index is 0.315. The fourth-order valence-corrected chi connectivity index (χ4v) is 1.72. The maximum absolute atomic E-state index is 11.4. The van der Waals surface area contributed by atoms with Crippen LogP contribution in [0, 0.1) is 0 Å². The van der Waals surface area contributed by atoms with Gasteiger partial charge in [0, 0.05) is 0 Å². The van der Waals surface area contributed by atoms with Crippen molar-refractivity contribution in [1.29, 1.82) is 0 Å². The molecular weight excluding hydrogens is 260 g/mol. The van der Waals surface area contributed by atoms with Crippen LogP contribution in [-0.4, -0.2) is 22.5 Å². The number of aromatic amines is 1. The summed E-state index contributed by atoms with van der Waals surface area (Å²) in [6.45, 7) is 2.16. The van der Waals surface area contributed by atoms with E-state index in [2.05, 4.69) is 25.9 Å². The number of carbonyl (C=O) groups excluding carboxylic acids is 1. The fraction of sp³-hybridized carbons (Fsp3) is 0.200. The second-order valence-corrected chi connectivity index (χ2v) is 3.73. The number of hydrogen-bond acceptors (Lipinski definition) is 3. The molecule has 1 heterocycles. The van der Waals surface area contributed by atoms with Gasteiger partial charge in [0.2, 0.25) is 0 Å². The van der Waals surface area contributed by atoms with E-state index in [1.165, 1.54) is 0 Å². The van der Waals surface area contributed by atoms with Gasteiger partial charge in [-0.2, -0.15) is 0 Å². The molecule has 4 nitrogen and oxygen atoms in total. The minimum Gasteiger partial charge on any atom is -0.462 e. The Hall–Kier alpha value is -1.36. The predicted molar refractivity (Wildman–Crippen MR) is 59.8 cm³/mol. The summed E-state index contributed by atoms with van der Waals surface area (Å²) in [5.74, 6) is -0.315. The van der Waals surface area contributed by atoms with Gasteiger partial charge >= 0.3 is 5.97 Å². The van der Waals surface area contributed by atoms with Crippen LogP contribution in [0.1, 0.15) is 17.3 Å². The van der Waals surface area contributed by atoms with Crippen LogP contribution >= 0.6 is 15.9 Å². The SMILES string of the molecule is CCOC(=O)c1ccc2nc(Br)[nH]c2c1. The highest BCUT2D eigenvalue weighted by molar-refractivity contribution is 9.10. The van der Waals surface area contributed by atoms with E-state index >= 15 is 0 Å². The van der Waals surface area contributed by atoms with Gasteiger partial charge in [-0.05, 0) is 41.1 Å². The van der Waals surface area contributed by atoms with Gasteiger partial charge < -0.3 is 9.72 Å². The van der Waals surface area contributed by atoms with Gasteiger partial charge in [-0.25, -0.2) is 9.78 Å². The first-order valence-electron chi connectivity index (χ1n) is 4.53. The third kappa shape index (κ3) is 2.02. The molecule has 5 heteroatoms. The Labute approximate surface area is 94.8 Å². The minimum atomic E-state index is -0.315. The van der Waals surface area contributed by atoms with Gasteiger partial charge in [0.25, 0.3) is 0 Å². The molecule has 1 aromatic heterocycles. The Balaban J connectivity index is 2.41. The third-order valence-electron chi connectivity index (χ3n) is 1.96. The quantitative estimate of drug-likeness (QED) is 0.852. The number of carbonyl (C=O) groups is 1. The Bertz CT molecular complexity index is 507. The molecule has 0 radical (unpaired) electrons. The molecule has 1 N–H and O–H groups in total. The number of imidazole rings is 1. The molecule has 78 valence electrons. The standard InChI is InChI=1S/C10H9BrN2O2/c1-2-15-9(14)6-3-4-7-8(5-6)13-10(11)12-7/h3-5H,2H2,1H3,(H,12,13). The maximum Gasteiger partial charge on any atom is 0.338 e. The largest absolute Gasteiger partial charge is 0.462 e. The lowest BCUT2D eigenvalue weighted by Crippen LogP contribution is -2.04. The molecule has 0 aliphatic rings. The number of aromatic nitrogens is 2. The highest BCUT2D eigenvalue weighted by atomic mass is 79.9. The molecule has 0 unspecified atom stereocenters. The molecule has 0 aliphatic carbocycles. The van der Waals surface area contributed by atoms with Gasteiger partial charge in [0.15, 0.2) is 4.73 Å². The average molecular weight is 269 g/mol. The maximum atomic E-state index is 11.4. The van der Waals surface area contributed by atoms with Crippen LogP contribution < -0.4 is 0 Å². The van der Waals surface area contributed by atoms with E-state index in [9.17, 15) is 4.79 Å². The number of rotatable bonds is 2. The van der Waals surface area contributed by atoms with E-state index < -0.39 is 0 Å². The molecular formula is C10H9BrN2O2. The van der Waals surface area contributed by atoms with Crippen molar-refractivity contribution >= 4 is 32.9 Å². The first-order valence-corrected chi connectivity index (χ1v) is 5.32. The normalized spacial score (nSPS) is 10.5. The first kappa shape index (κ1) is 10.2. The third-order valence-corrected chi connectivity index (χ3v) is 2.34. The number of H-pyrrole nitrogens is 1. The van der Waals surface area contributed by atoms with E-state index in [0.29, 0.717) is 16.9 Å². The fourth-order valence-electron chi connectivity index (χ4n) is 1.32. The molecule has 0 saturated carbocycles. The highest BCUT2D eigenvalue weighted by Gasteiger charge is 2.08. The van der Waals surface area contributed by atoms with Gasteiger partial charge in [0.05, 0.1) is 23.2 Å². The lowest BCUT2D eigenvalue weighted by Gasteiger charge is -2.00. The summed E-state index contributed by atoms with van der Waals surface area (Å²) >= 11 is 3.23. The van der Waals surface area contributed by atoms with Crippen LogP contribution in [0.25, 0.3) is 11.0 Å². The monoisotopic (exact) mass is 268 g/mol. The van der Waals surface area contributed by atoms with Crippen molar-refractivity contribution in [2.75, 3.05) is 6.61 Å². The van der Waals surface area contributed by atoms with Gasteiger partial charge in [-0.1, -0.05) is 0 Å². The average Bonchev–Trinajstić information content (AvgIpc) is 2.57. The molecule has 1 aromatic carbocycles. The Morgan fingerprint density at radius 1 is 1.60 bits per heavy atom. The number of nitrogens with zero attached hydrogens (tertiary/aromatic N) is 1. The summed E-state index contributed by atoms with van der Waals surface area (Å²) in [7, 11) is 0. The van der Waals surface area contributed by atoms with Crippen molar-refractivity contribution in [3.63, 3.8) is 0 Å². The van der Waals surface area contributed by atoms with Gasteiger partial charge in [-0.3, -0.25) is 0 Å². The Morgan fingerprint density at radius 2 is 2.40 bits per heavy atom. The number of hydrogen-bond donors (Lipinski definition) is 1. The van der Waals surface area contributed by atoms with Crippen LogP contribution in [0.2, 0.25) is 0 Å². The lowest BCUT2D eigenvalue weighted by atomic mass is 10.2. The van der Waals surface area contributed by atoms with Crippen molar-refractivity contribution < 1.29 is 9.53 Å². The molecule has 0 fully saturated rings. The molecule has 2 aromatic rings. The molecule has 0 amide bonds. The Morgan fingerprint density at radius 3 is 3.13 bits per heavy atom. The molecule has 0 spiro atoms. The van der Waals surface area contributed by atoms with E-state index in [-0.39, 0.29) is 5.97 Å². The Kier molecular flexibility index (Phi) is 2.73. The summed E-state index contributed by atoms with van der Waals surface area (Å²) in [6, 6.07) is 5.21. The predicted octanol–water partition coefficient (Wildman–Crippen LogP) is 2.50. The summed E-state index contributed by atoms with van der Waals surface area (Å²) in [5, 5.41) is 0. The van der Waals surface area contributed by atoms with Crippen LogP contribution in [0.4, 0.5) is 0 Å². The van der Waals surface area contributed by atoms with Crippen molar-refractivity contribution in [3.8, 4) is 0 Å². The molecule has 0 bridgehead atoms. The molecule has 0 atom stereocenters. The smallest absolute Gasteiger partial charge is 0.338 e. The number of halogens is 1. The summed E-state index contributed by atoms with van der Waals surface area (Å²) < 4.78 is 5.55. The van der Waals surface area contributed by atoms with Crippen molar-refractivity contribution in [2.24, 2.45) is 0 Å². The summed E-state index contributed by atoms with van der Waals surface area (Å²) in [6.07, 6.45) is 0. The van der Waals surface area contributed by atoms with E-state index in [4.69, 9.17) is 4.74 Å². The molecule has 0 aliphatic heterocycles. The van der Waals surface area contributed by atoms with Crippen LogP contribution in [0.15, 0.2) is 22.9 Å². The van der Waals surface area contributed by atoms with Gasteiger partial charge in [0.1, 0.15) is 0 Å². The second kappa shape index (κ2) is 4.02. The van der Waals surface area contributed by atoms with Crippen LogP contribution in [-0.2, 0) is 4.74 Å². The van der Waals surface area contributed by atoms with Gasteiger partial charge in [-0.15, -0.1) is 0 Å². The summed E-state index contributed by atoms with van der Waals surface area (Å²) in [4.78, 5) is 18.6. The van der Waals surface area contributed by atoms with E-state index in [1.54, 1.807) is 25.1 Å². The van der Waals surface area contributed by atoms with Crippen molar-refractivity contribution in [3.05, 3.63) is 28.5 Å². The number of esters is 1. The molecule has 0 saturated heterocycles.